The molecule has 0 saturated heterocycles. The third-order valence-corrected chi connectivity index (χ3v) is 25.4. The van der Waals surface area contributed by atoms with Gasteiger partial charge in [0.05, 0.1) is 18.2 Å². The van der Waals surface area contributed by atoms with Crippen LogP contribution in [0.3, 0.4) is 0 Å². The van der Waals surface area contributed by atoms with Crippen molar-refractivity contribution in [2.45, 2.75) is 257 Å². The van der Waals surface area contributed by atoms with E-state index in [4.69, 9.17) is 1.37 Å². The van der Waals surface area contributed by atoms with E-state index in [1.807, 2.05) is 0 Å². The first-order chi connectivity index (χ1) is 41.6. The lowest BCUT2D eigenvalue weighted by atomic mass is 9.35. The summed E-state index contributed by atoms with van der Waals surface area (Å²) in [5.74, 6) is 0. The number of fused-ring (bicyclic) bond motifs is 10. The standard InChI is InChI=1S/C80H98BN3S/c1-71(2)32-35-74(7,8)57-42-50(26-29-54(57)71)82(49-24-22-21-23-25-49)53-45-64-67-65(46-53)84(52-28-31-56-59(44-52)76(11,12)37-34-73(56,5)6)68-66-69(80(19,20)41-40-79(66,17)18)85-70(68)81(67)62-47-60-61(78(15,16)39-38-77(60,13)14)48-63(62)83(64)51-27-30-55-58(43-51)75(9,10)36-33-72(55,3)4/h21-31,42-48H,32-41H2,1-20H3/i21D,22D,23D,24D,25D. The van der Waals surface area contributed by atoms with E-state index in [9.17, 15) is 5.48 Å². The highest BCUT2D eigenvalue weighted by molar-refractivity contribution is 7.29. The number of hydrogen-bond acceptors (Lipinski definition) is 4. The number of hydrogen-bond donors (Lipinski definition) is 0. The molecule has 3 heterocycles. The molecule has 0 atom stereocenters. The molecule has 0 fully saturated rings. The molecule has 0 spiro atoms. The SMILES string of the molecule is [2H]c1c([2H])c([2H])c(N(c2cc3c4c(c2)N(c2ccc5c(c2)C(C)(C)CCC5(C)C)c2c(sc5c2C(C)(C)CCC5(C)C)B4c2cc4c(cc2N3c2ccc3c(c2)C(C)(C)CCC3(C)C)C(C)(C)CCC4(C)C)c2ccc3c(c2)C(C)(C)CCC3(C)C)c([2H])c1[2H]. The first-order valence-corrected chi connectivity index (χ1v) is 33.4. The van der Waals surface area contributed by atoms with Crippen LogP contribution in [0, 0.1) is 0 Å². The zero-order valence-electron chi connectivity index (χ0n) is 60.4. The van der Waals surface area contributed by atoms with Gasteiger partial charge in [-0.15, -0.1) is 0 Å². The van der Waals surface area contributed by atoms with Crippen molar-refractivity contribution in [2.75, 3.05) is 14.7 Å². The Hall–Kier alpha value is -5.52. The minimum Gasteiger partial charge on any atom is -0.311 e. The highest BCUT2D eigenvalue weighted by Gasteiger charge is 2.53. The van der Waals surface area contributed by atoms with Crippen LogP contribution >= 0.6 is 11.3 Å². The van der Waals surface area contributed by atoms with Crippen molar-refractivity contribution in [2.24, 2.45) is 0 Å². The lowest BCUT2D eigenvalue weighted by molar-refractivity contribution is 0.332. The molecule has 14 rings (SSSR count). The summed E-state index contributed by atoms with van der Waals surface area (Å²) >= 11 is 2.07. The van der Waals surface area contributed by atoms with Gasteiger partial charge in [0.1, 0.15) is 0 Å². The van der Waals surface area contributed by atoms with Gasteiger partial charge in [0.25, 0.3) is 6.71 Å². The number of rotatable bonds is 5. The molecule has 7 aromatic rings. The Morgan fingerprint density at radius 2 is 0.776 bits per heavy atom. The Morgan fingerprint density at radius 3 is 1.28 bits per heavy atom. The Bertz CT molecular complexity index is 4230. The van der Waals surface area contributed by atoms with Crippen molar-refractivity contribution in [1.82, 2.24) is 0 Å². The van der Waals surface area contributed by atoms with E-state index in [0.717, 1.165) is 98.3 Å². The molecule has 2 aliphatic heterocycles. The van der Waals surface area contributed by atoms with Crippen LogP contribution in [0.1, 0.15) is 264 Å². The first kappa shape index (κ1) is 51.5. The van der Waals surface area contributed by atoms with Gasteiger partial charge in [-0.1, -0.05) is 181 Å². The molecule has 442 valence electrons. The molecule has 3 nitrogen and oxygen atoms in total. The van der Waals surface area contributed by atoms with Crippen LogP contribution in [0.15, 0.2) is 109 Å². The van der Waals surface area contributed by atoms with Gasteiger partial charge < -0.3 is 14.7 Å². The second-order valence-electron chi connectivity index (χ2n) is 34.3. The number of thiophene rings is 1. The van der Waals surface area contributed by atoms with Crippen LogP contribution in [-0.2, 0) is 54.1 Å². The molecule has 5 heteroatoms. The van der Waals surface area contributed by atoms with Crippen molar-refractivity contribution < 1.29 is 6.85 Å². The molecule has 85 heavy (non-hydrogen) atoms. The summed E-state index contributed by atoms with van der Waals surface area (Å²) < 4.78 is 49.5. The second-order valence-corrected chi connectivity index (χ2v) is 35.4. The normalized spacial score (nSPS) is 23.6. The molecule has 0 unspecified atom stereocenters. The first-order valence-electron chi connectivity index (χ1n) is 35.1. The van der Waals surface area contributed by atoms with Crippen LogP contribution in [0.2, 0.25) is 0 Å². The van der Waals surface area contributed by atoms with E-state index < -0.39 is 6.04 Å². The molecule has 5 aliphatic carbocycles. The van der Waals surface area contributed by atoms with Gasteiger partial charge in [-0.05, 0) is 246 Å². The van der Waals surface area contributed by atoms with Crippen LogP contribution in [0.25, 0.3) is 0 Å². The molecule has 6 aromatic carbocycles. The monoisotopic (exact) mass is 1150 g/mol. The van der Waals surface area contributed by atoms with E-state index >= 15 is 0 Å². The summed E-state index contributed by atoms with van der Waals surface area (Å²) in [6.07, 6.45) is 10.8. The smallest absolute Gasteiger partial charge is 0.264 e. The van der Waals surface area contributed by atoms with Gasteiger partial charge in [-0.3, -0.25) is 0 Å². The quantitative estimate of drug-likeness (QED) is 0.159. The number of benzene rings is 6. The largest absolute Gasteiger partial charge is 0.311 e. The van der Waals surface area contributed by atoms with Crippen molar-refractivity contribution in [1.29, 1.82) is 0 Å². The van der Waals surface area contributed by atoms with E-state index in [2.05, 4.69) is 243 Å². The summed E-state index contributed by atoms with van der Waals surface area (Å²) in [5, 5.41) is 0. The summed E-state index contributed by atoms with van der Waals surface area (Å²) in [4.78, 5) is 8.87. The van der Waals surface area contributed by atoms with E-state index in [0.29, 0.717) is 0 Å². The second kappa shape index (κ2) is 18.1. The summed E-state index contributed by atoms with van der Waals surface area (Å²) in [7, 11) is 0. The van der Waals surface area contributed by atoms with Crippen LogP contribution in [0.5, 0.6) is 0 Å². The fourth-order valence-corrected chi connectivity index (χ4v) is 19.1. The lowest BCUT2D eigenvalue weighted by Gasteiger charge is -2.48. The molecule has 0 N–H and O–H groups in total. The van der Waals surface area contributed by atoms with Gasteiger partial charge >= 0.3 is 0 Å². The Kier molecular flexibility index (Phi) is 11.0. The fourth-order valence-electron chi connectivity index (χ4n) is 17.4. The van der Waals surface area contributed by atoms with Gasteiger partial charge in [-0.2, -0.15) is 11.3 Å². The number of nitrogens with zero attached hydrogens (tertiary/aromatic N) is 3. The molecule has 0 saturated carbocycles. The molecule has 7 aliphatic rings. The van der Waals surface area contributed by atoms with Crippen molar-refractivity contribution >= 4 is 84.9 Å². The van der Waals surface area contributed by atoms with E-state index in [-0.39, 0.29) is 90.7 Å². The predicted octanol–water partition coefficient (Wildman–Crippen LogP) is 21.0. The van der Waals surface area contributed by atoms with E-state index in [1.165, 1.54) is 82.0 Å². The van der Waals surface area contributed by atoms with Gasteiger partial charge in [0.15, 0.2) is 0 Å². The average Bonchev–Trinajstić information content (AvgIpc) is 1.32. The van der Waals surface area contributed by atoms with Crippen LogP contribution in [-0.4, -0.2) is 6.71 Å². The minimum atomic E-state index is -0.397. The summed E-state index contributed by atoms with van der Waals surface area (Å²) in [6, 6.07) is 30.2. The summed E-state index contributed by atoms with van der Waals surface area (Å²) in [6.45, 7) is 48.6. The van der Waals surface area contributed by atoms with Crippen LogP contribution in [0.4, 0.5) is 51.2 Å². The lowest BCUT2D eigenvalue weighted by Crippen LogP contribution is -2.61. The van der Waals surface area contributed by atoms with Crippen molar-refractivity contribution in [3.8, 4) is 0 Å². The van der Waals surface area contributed by atoms with Gasteiger partial charge in [0, 0.05) is 49.5 Å². The molecule has 1 aromatic heterocycles. The van der Waals surface area contributed by atoms with Gasteiger partial charge in [0.2, 0.25) is 0 Å². The average molecular weight is 1150 g/mol. The highest BCUT2D eigenvalue weighted by atomic mass is 32.1. The zero-order chi connectivity index (χ0) is 64.9. The van der Waals surface area contributed by atoms with E-state index in [1.54, 1.807) is 0 Å². The van der Waals surface area contributed by atoms with Crippen molar-refractivity contribution in [3.05, 3.63) is 164 Å². The Labute approximate surface area is 524 Å². The molecule has 0 radical (unpaired) electrons. The molecular weight excluding hydrogens is 1050 g/mol. The highest BCUT2D eigenvalue weighted by Crippen LogP contribution is 2.60. The molecular formula is C80H98BN3S. The maximum absolute atomic E-state index is 10.1. The maximum atomic E-state index is 10.1. The number of anilines is 9. The Balaban J connectivity index is 1.19. The van der Waals surface area contributed by atoms with Gasteiger partial charge in [-0.25, -0.2) is 0 Å². The summed E-state index contributed by atoms with van der Waals surface area (Å²) in [5.41, 5.74) is 22.8. The maximum Gasteiger partial charge on any atom is 0.264 e. The molecule has 0 bridgehead atoms. The number of para-hydroxylation sites is 1. The minimum absolute atomic E-state index is 0.000529. The van der Waals surface area contributed by atoms with Crippen molar-refractivity contribution in [3.63, 3.8) is 0 Å². The third-order valence-electron chi connectivity index (χ3n) is 23.8. The third kappa shape index (κ3) is 8.49. The van der Waals surface area contributed by atoms with Crippen LogP contribution < -0.4 is 30.4 Å². The fraction of sp³-hybridized carbons (Fsp3) is 0.500. The topological polar surface area (TPSA) is 9.72 Å². The predicted molar refractivity (Wildman–Crippen MR) is 369 cm³/mol. The Morgan fingerprint density at radius 1 is 0.376 bits per heavy atom. The molecule has 0 amide bonds. The zero-order valence-corrected chi connectivity index (χ0v) is 56.2.